The van der Waals surface area contributed by atoms with Crippen LogP contribution in [-0.4, -0.2) is 23.0 Å². The summed E-state index contributed by atoms with van der Waals surface area (Å²) in [6.07, 6.45) is 10.3. The van der Waals surface area contributed by atoms with Gasteiger partial charge in [0.15, 0.2) is 0 Å². The summed E-state index contributed by atoms with van der Waals surface area (Å²) in [5.41, 5.74) is 6.52. The molecule has 2 aliphatic carbocycles. The summed E-state index contributed by atoms with van der Waals surface area (Å²) in [6.45, 7) is 0. The molecule has 0 unspecified atom stereocenters. The van der Waals surface area contributed by atoms with Crippen molar-refractivity contribution in [1.82, 2.24) is 0 Å². The highest BCUT2D eigenvalue weighted by molar-refractivity contribution is 8.33. The second kappa shape index (κ2) is 7.85. The standard InChI is InChI=1S/C36H32S/c1-37(2,23-19-33-29-15-7-3-11-25(29)26-12-4-8-16-30(26)34(33)20-23)24-21-35-31-17-9-5-13-27(31)28-14-6-10-18-32(28)36(35)22-24/h3-18,23-24H,19-22H2,1-2H3. The van der Waals surface area contributed by atoms with E-state index in [2.05, 4.69) is 110 Å². The van der Waals surface area contributed by atoms with E-state index in [0.717, 1.165) is 10.5 Å². The molecule has 1 heteroatoms. The van der Waals surface area contributed by atoms with Gasteiger partial charge in [-0.3, -0.25) is 0 Å². The van der Waals surface area contributed by atoms with E-state index in [1.54, 1.807) is 22.3 Å². The van der Waals surface area contributed by atoms with Gasteiger partial charge in [0, 0.05) is 0 Å². The molecule has 6 aromatic carbocycles. The fraction of sp³-hybridized carbons (Fsp3) is 0.222. The highest BCUT2D eigenvalue weighted by atomic mass is 32.3. The van der Waals surface area contributed by atoms with Gasteiger partial charge in [-0.25, -0.2) is 10.0 Å². The van der Waals surface area contributed by atoms with Crippen molar-refractivity contribution >= 4 is 53.1 Å². The van der Waals surface area contributed by atoms with Crippen molar-refractivity contribution in [2.75, 3.05) is 12.5 Å². The smallest absolute Gasteiger partial charge is 0.00325 e. The lowest BCUT2D eigenvalue weighted by molar-refractivity contribution is 0.862. The Bertz CT molecular complexity index is 1610. The number of rotatable bonds is 2. The Morgan fingerprint density at radius 2 is 0.595 bits per heavy atom. The van der Waals surface area contributed by atoms with E-state index in [-0.39, 0.29) is 0 Å². The van der Waals surface area contributed by atoms with Crippen molar-refractivity contribution in [1.29, 1.82) is 0 Å². The van der Waals surface area contributed by atoms with Crippen LogP contribution < -0.4 is 0 Å². The molecule has 0 aliphatic heterocycles. The molecule has 0 atom stereocenters. The first-order valence-corrected chi connectivity index (χ1v) is 16.2. The molecule has 0 radical (unpaired) electrons. The third-order valence-corrected chi connectivity index (χ3v) is 13.9. The van der Waals surface area contributed by atoms with Crippen LogP contribution in [-0.2, 0) is 25.7 Å². The maximum absolute atomic E-state index is 2.66. The summed E-state index contributed by atoms with van der Waals surface area (Å²) in [5.74, 6) is 0. The summed E-state index contributed by atoms with van der Waals surface area (Å²) < 4.78 is 0. The molecule has 2 aliphatic rings. The Labute approximate surface area is 220 Å². The van der Waals surface area contributed by atoms with Gasteiger partial charge >= 0.3 is 0 Å². The summed E-state index contributed by atoms with van der Waals surface area (Å²) in [6, 6.07) is 36.5. The third kappa shape index (κ3) is 3.04. The topological polar surface area (TPSA) is 0 Å². The van der Waals surface area contributed by atoms with E-state index in [9.17, 15) is 0 Å². The van der Waals surface area contributed by atoms with Crippen molar-refractivity contribution in [3.8, 4) is 0 Å². The van der Waals surface area contributed by atoms with Crippen LogP contribution in [0.4, 0.5) is 0 Å². The lowest BCUT2D eigenvalue weighted by Gasteiger charge is -2.43. The molecule has 0 fully saturated rings. The molecule has 8 rings (SSSR count). The van der Waals surface area contributed by atoms with Gasteiger partial charge in [-0.05, 0) is 114 Å². The van der Waals surface area contributed by atoms with E-state index in [0.29, 0.717) is 0 Å². The molecular weight excluding hydrogens is 464 g/mol. The van der Waals surface area contributed by atoms with Crippen LogP contribution in [0.25, 0.3) is 43.1 Å². The van der Waals surface area contributed by atoms with Gasteiger partial charge in [0.25, 0.3) is 0 Å². The van der Waals surface area contributed by atoms with Crippen molar-refractivity contribution in [3.05, 3.63) is 119 Å². The summed E-state index contributed by atoms with van der Waals surface area (Å²) in [7, 11) is -0.848. The molecule has 6 aromatic rings. The molecule has 0 aromatic heterocycles. The minimum absolute atomic E-state index is 0.744. The molecule has 0 nitrogen and oxygen atoms in total. The zero-order chi connectivity index (χ0) is 24.7. The van der Waals surface area contributed by atoms with E-state index in [1.165, 1.54) is 68.8 Å². The first-order chi connectivity index (χ1) is 18.1. The average Bonchev–Trinajstić information content (AvgIpc) is 3.61. The zero-order valence-corrected chi connectivity index (χ0v) is 22.4. The average molecular weight is 497 g/mol. The molecule has 0 N–H and O–H groups in total. The van der Waals surface area contributed by atoms with E-state index < -0.39 is 10.0 Å². The first kappa shape index (κ1) is 21.8. The van der Waals surface area contributed by atoms with Gasteiger partial charge in [-0.2, -0.15) is 0 Å². The highest BCUT2D eigenvalue weighted by Crippen LogP contribution is 2.60. The van der Waals surface area contributed by atoms with Gasteiger partial charge in [-0.1, -0.05) is 97.1 Å². The predicted molar refractivity (Wildman–Crippen MR) is 165 cm³/mol. The Morgan fingerprint density at radius 3 is 0.838 bits per heavy atom. The number of benzene rings is 6. The van der Waals surface area contributed by atoms with Crippen LogP contribution in [0.3, 0.4) is 0 Å². The van der Waals surface area contributed by atoms with Gasteiger partial charge in [0.1, 0.15) is 0 Å². The highest BCUT2D eigenvalue weighted by Gasteiger charge is 2.41. The molecule has 0 saturated carbocycles. The van der Waals surface area contributed by atoms with E-state index in [4.69, 9.17) is 0 Å². The Balaban J connectivity index is 1.23. The third-order valence-electron chi connectivity index (χ3n) is 9.76. The maximum atomic E-state index is 2.66. The molecule has 0 bridgehead atoms. The Morgan fingerprint density at radius 1 is 0.378 bits per heavy atom. The lowest BCUT2D eigenvalue weighted by Crippen LogP contribution is -2.28. The van der Waals surface area contributed by atoms with Crippen LogP contribution in [0.2, 0.25) is 0 Å². The molecule has 0 saturated heterocycles. The van der Waals surface area contributed by atoms with Crippen molar-refractivity contribution in [3.63, 3.8) is 0 Å². The molecule has 37 heavy (non-hydrogen) atoms. The largest absolute Gasteiger partial charge is 0.240 e. The van der Waals surface area contributed by atoms with Crippen LogP contribution in [0.1, 0.15) is 22.3 Å². The van der Waals surface area contributed by atoms with E-state index in [1.807, 2.05) is 0 Å². The molecule has 0 amide bonds. The summed E-state index contributed by atoms with van der Waals surface area (Å²) in [5, 5.41) is 13.1. The molecular formula is C36H32S. The van der Waals surface area contributed by atoms with Gasteiger partial charge in [-0.15, -0.1) is 0 Å². The second-order valence-corrected chi connectivity index (χ2v) is 16.0. The number of hydrogen-bond acceptors (Lipinski definition) is 0. The van der Waals surface area contributed by atoms with Crippen molar-refractivity contribution < 1.29 is 0 Å². The van der Waals surface area contributed by atoms with Crippen molar-refractivity contribution in [2.45, 2.75) is 36.2 Å². The zero-order valence-electron chi connectivity index (χ0n) is 21.6. The molecule has 0 heterocycles. The lowest BCUT2D eigenvalue weighted by atomic mass is 9.93. The van der Waals surface area contributed by atoms with Gasteiger partial charge in [0.05, 0.1) is 0 Å². The quantitative estimate of drug-likeness (QED) is 0.210. The van der Waals surface area contributed by atoms with Crippen molar-refractivity contribution in [2.24, 2.45) is 0 Å². The van der Waals surface area contributed by atoms with Crippen LogP contribution in [0, 0.1) is 0 Å². The minimum Gasteiger partial charge on any atom is -0.240 e. The van der Waals surface area contributed by atoms with Crippen LogP contribution in [0.5, 0.6) is 0 Å². The molecule has 0 spiro atoms. The predicted octanol–water partition coefficient (Wildman–Crippen LogP) is 9.00. The number of hydrogen-bond donors (Lipinski definition) is 0. The van der Waals surface area contributed by atoms with Gasteiger partial charge < -0.3 is 0 Å². The Kier molecular flexibility index (Phi) is 4.62. The van der Waals surface area contributed by atoms with E-state index >= 15 is 0 Å². The van der Waals surface area contributed by atoms with Gasteiger partial charge in [0.2, 0.25) is 0 Å². The fourth-order valence-electron chi connectivity index (χ4n) is 7.69. The summed E-state index contributed by atoms with van der Waals surface area (Å²) >= 11 is 0. The fourth-order valence-corrected chi connectivity index (χ4v) is 10.6. The SMILES string of the molecule is CS(C)(C1Cc2c(c3ccccc3c3ccccc23)C1)C1Cc2c(c3ccccc3c3ccccc23)C1. The van der Waals surface area contributed by atoms with Crippen LogP contribution in [0.15, 0.2) is 97.1 Å². The maximum Gasteiger partial charge on any atom is -0.00325 e. The molecule has 182 valence electrons. The first-order valence-electron chi connectivity index (χ1n) is 13.6. The second-order valence-electron chi connectivity index (χ2n) is 11.6. The van der Waals surface area contributed by atoms with Crippen LogP contribution >= 0.6 is 10.0 Å². The monoisotopic (exact) mass is 496 g/mol. The minimum atomic E-state index is -0.848. The normalized spacial score (nSPS) is 16.7. The summed E-state index contributed by atoms with van der Waals surface area (Å²) in [4.78, 5) is 0. The number of fused-ring (bicyclic) bond motifs is 12. The Hall–Kier alpha value is -3.29.